The van der Waals surface area contributed by atoms with Crippen LogP contribution >= 0.6 is 0 Å². The van der Waals surface area contributed by atoms with Crippen molar-refractivity contribution >= 4 is 23.7 Å². The van der Waals surface area contributed by atoms with E-state index in [9.17, 15) is 14.4 Å². The number of ketones is 1. The molecule has 1 aromatic rings. The summed E-state index contributed by atoms with van der Waals surface area (Å²) in [6, 6.07) is 3.11. The SMILES string of the molecule is COc1ccc(NC(=O)C(N)CCCCN)cc1C(NC(C=O)CCCCN)C(C)=O. The van der Waals surface area contributed by atoms with E-state index in [1.54, 1.807) is 18.2 Å². The molecule has 0 fully saturated rings. The molecule has 0 spiro atoms. The number of carbonyl (C=O) groups is 3. The molecule has 9 nitrogen and oxygen atoms in total. The fourth-order valence-corrected chi connectivity index (χ4v) is 3.25. The average Bonchev–Trinajstić information content (AvgIpc) is 2.76. The molecule has 0 saturated heterocycles. The van der Waals surface area contributed by atoms with E-state index in [2.05, 4.69) is 10.6 Å². The van der Waals surface area contributed by atoms with Gasteiger partial charge in [0, 0.05) is 11.3 Å². The summed E-state index contributed by atoms with van der Waals surface area (Å²) >= 11 is 0. The first-order valence-corrected chi connectivity index (χ1v) is 10.7. The first-order valence-electron chi connectivity index (χ1n) is 10.7. The van der Waals surface area contributed by atoms with Gasteiger partial charge < -0.3 is 32.0 Å². The highest BCUT2D eigenvalue weighted by atomic mass is 16.5. The largest absolute Gasteiger partial charge is 0.496 e. The van der Waals surface area contributed by atoms with Crippen LogP contribution in [0.3, 0.4) is 0 Å². The Kier molecular flexibility index (Phi) is 12.6. The van der Waals surface area contributed by atoms with Crippen molar-refractivity contribution < 1.29 is 19.1 Å². The van der Waals surface area contributed by atoms with Crippen molar-refractivity contribution in [1.29, 1.82) is 0 Å². The smallest absolute Gasteiger partial charge is 0.241 e. The van der Waals surface area contributed by atoms with Crippen molar-refractivity contribution in [1.82, 2.24) is 5.32 Å². The Bertz CT molecular complexity index is 713. The summed E-state index contributed by atoms with van der Waals surface area (Å²) in [5.74, 6) is -0.0106. The fraction of sp³-hybridized carbons (Fsp3) is 0.591. The van der Waals surface area contributed by atoms with Gasteiger partial charge in [0.25, 0.3) is 0 Å². The van der Waals surface area contributed by atoms with Crippen molar-refractivity contribution in [3.05, 3.63) is 23.8 Å². The second-order valence-electron chi connectivity index (χ2n) is 7.57. The highest BCUT2D eigenvalue weighted by molar-refractivity contribution is 5.95. The van der Waals surface area contributed by atoms with Crippen LogP contribution in [-0.2, 0) is 14.4 Å². The van der Waals surface area contributed by atoms with Crippen molar-refractivity contribution in [2.24, 2.45) is 17.2 Å². The van der Waals surface area contributed by atoms with E-state index in [1.165, 1.54) is 14.0 Å². The number of aldehydes is 1. The molecule has 3 atom stereocenters. The molecule has 0 heterocycles. The van der Waals surface area contributed by atoms with Crippen molar-refractivity contribution in [3.8, 4) is 5.75 Å². The Hall–Kier alpha value is -2.33. The van der Waals surface area contributed by atoms with Crippen LogP contribution < -0.4 is 32.6 Å². The normalized spacial score (nSPS) is 13.8. The lowest BCUT2D eigenvalue weighted by atomic mass is 9.99. The molecule has 0 aliphatic rings. The number of Topliss-reactive ketones (excluding diaryl/α,β-unsaturated/α-hetero) is 1. The minimum Gasteiger partial charge on any atom is -0.496 e. The van der Waals surface area contributed by atoms with Crippen LogP contribution in [0.2, 0.25) is 0 Å². The first kappa shape index (κ1) is 26.7. The molecular weight excluding hydrogens is 398 g/mol. The predicted molar refractivity (Wildman–Crippen MR) is 122 cm³/mol. The van der Waals surface area contributed by atoms with E-state index < -0.39 is 18.1 Å². The molecule has 0 aliphatic carbocycles. The maximum Gasteiger partial charge on any atom is 0.241 e. The van der Waals surface area contributed by atoms with Crippen molar-refractivity contribution in [2.45, 2.75) is 63.6 Å². The summed E-state index contributed by atoms with van der Waals surface area (Å²) < 4.78 is 5.42. The molecule has 1 amide bonds. The van der Waals surface area contributed by atoms with Crippen LogP contribution in [0.4, 0.5) is 5.69 Å². The van der Waals surface area contributed by atoms with Gasteiger partial charge in [-0.1, -0.05) is 12.8 Å². The number of unbranched alkanes of at least 4 members (excludes halogenated alkanes) is 2. The zero-order valence-electron chi connectivity index (χ0n) is 18.6. The monoisotopic (exact) mass is 435 g/mol. The summed E-state index contributed by atoms with van der Waals surface area (Å²) in [6.07, 6.45) is 5.05. The molecule has 0 aliphatic heterocycles. The summed E-state index contributed by atoms with van der Waals surface area (Å²) in [6.45, 7) is 2.55. The third kappa shape index (κ3) is 9.14. The van der Waals surface area contributed by atoms with Crippen LogP contribution in [0.25, 0.3) is 0 Å². The van der Waals surface area contributed by atoms with Gasteiger partial charge in [-0.15, -0.1) is 0 Å². The summed E-state index contributed by atoms with van der Waals surface area (Å²) in [4.78, 5) is 36.3. The standard InChI is InChI=1S/C22H37N5O4/c1-15(29)21(26-17(14-28)7-3-5-11-23)18-13-16(9-10-20(18)31-2)27-22(30)19(25)8-4-6-12-24/h9-10,13-14,17,19,21,26H,3-8,11-12,23-25H2,1-2H3,(H,27,30). The zero-order chi connectivity index (χ0) is 23.2. The van der Waals surface area contributed by atoms with Gasteiger partial charge >= 0.3 is 0 Å². The van der Waals surface area contributed by atoms with E-state index >= 15 is 0 Å². The molecule has 3 unspecified atom stereocenters. The van der Waals surface area contributed by atoms with Crippen LogP contribution in [-0.4, -0.2) is 50.3 Å². The summed E-state index contributed by atoms with van der Waals surface area (Å²) in [5.41, 5.74) is 18.0. The van der Waals surface area contributed by atoms with E-state index in [0.29, 0.717) is 42.9 Å². The molecule has 174 valence electrons. The van der Waals surface area contributed by atoms with Crippen molar-refractivity contribution in [2.75, 3.05) is 25.5 Å². The number of nitrogens with two attached hydrogens (primary N) is 3. The van der Waals surface area contributed by atoms with Crippen LogP contribution in [0.15, 0.2) is 18.2 Å². The molecule has 0 aromatic heterocycles. The van der Waals surface area contributed by atoms with Gasteiger partial charge in [-0.2, -0.15) is 0 Å². The van der Waals surface area contributed by atoms with Gasteiger partial charge in [0.1, 0.15) is 12.0 Å². The van der Waals surface area contributed by atoms with Gasteiger partial charge in [0.05, 0.1) is 25.2 Å². The van der Waals surface area contributed by atoms with E-state index in [-0.39, 0.29) is 11.7 Å². The van der Waals surface area contributed by atoms with Gasteiger partial charge in [-0.05, 0) is 63.9 Å². The lowest BCUT2D eigenvalue weighted by Gasteiger charge is -2.23. The van der Waals surface area contributed by atoms with Gasteiger partial charge in [0.15, 0.2) is 5.78 Å². The molecule has 9 heteroatoms. The van der Waals surface area contributed by atoms with Crippen LogP contribution in [0.5, 0.6) is 5.75 Å². The molecule has 1 aromatic carbocycles. The van der Waals surface area contributed by atoms with Crippen LogP contribution in [0, 0.1) is 0 Å². The number of ether oxygens (including phenoxy) is 1. The maximum absolute atomic E-state index is 12.4. The number of carbonyl (C=O) groups excluding carboxylic acids is 3. The van der Waals surface area contributed by atoms with Gasteiger partial charge in [-0.3, -0.25) is 14.9 Å². The fourth-order valence-electron chi connectivity index (χ4n) is 3.25. The van der Waals surface area contributed by atoms with Crippen molar-refractivity contribution in [3.63, 3.8) is 0 Å². The minimum absolute atomic E-state index is 0.175. The molecular formula is C22H37N5O4. The number of benzene rings is 1. The molecule has 0 saturated carbocycles. The zero-order valence-corrected chi connectivity index (χ0v) is 18.6. The quantitative estimate of drug-likeness (QED) is 0.190. The Labute approximate surface area is 184 Å². The van der Waals surface area contributed by atoms with E-state index in [0.717, 1.165) is 32.0 Å². The van der Waals surface area contributed by atoms with Gasteiger partial charge in [0.2, 0.25) is 5.91 Å². The topological polar surface area (TPSA) is 163 Å². The number of hydrogen-bond donors (Lipinski definition) is 5. The lowest BCUT2D eigenvalue weighted by Crippen LogP contribution is -2.38. The van der Waals surface area contributed by atoms with Crippen LogP contribution in [0.1, 0.15) is 57.1 Å². The van der Waals surface area contributed by atoms with E-state index in [1.807, 2.05) is 0 Å². The molecule has 8 N–H and O–H groups in total. The third-order valence-corrected chi connectivity index (χ3v) is 5.04. The number of anilines is 1. The first-order chi connectivity index (χ1) is 14.9. The molecule has 1 rings (SSSR count). The number of nitrogens with one attached hydrogen (secondary N) is 2. The minimum atomic E-state index is -0.766. The molecule has 0 radical (unpaired) electrons. The second kappa shape index (κ2) is 14.6. The Balaban J connectivity index is 3.02. The third-order valence-electron chi connectivity index (χ3n) is 5.04. The average molecular weight is 436 g/mol. The lowest BCUT2D eigenvalue weighted by molar-refractivity contribution is -0.120. The Morgan fingerprint density at radius 1 is 1.10 bits per heavy atom. The van der Waals surface area contributed by atoms with Gasteiger partial charge in [-0.25, -0.2) is 0 Å². The number of rotatable bonds is 16. The second-order valence-corrected chi connectivity index (χ2v) is 7.57. The maximum atomic E-state index is 12.4. The highest BCUT2D eigenvalue weighted by Crippen LogP contribution is 2.30. The molecule has 0 bridgehead atoms. The highest BCUT2D eigenvalue weighted by Gasteiger charge is 2.25. The predicted octanol–water partition coefficient (Wildman–Crippen LogP) is 1.01. The number of amides is 1. The Morgan fingerprint density at radius 3 is 2.29 bits per heavy atom. The summed E-state index contributed by atoms with van der Waals surface area (Å²) in [7, 11) is 1.50. The Morgan fingerprint density at radius 2 is 1.74 bits per heavy atom. The van der Waals surface area contributed by atoms with E-state index in [4.69, 9.17) is 21.9 Å². The number of hydrogen-bond acceptors (Lipinski definition) is 8. The number of methoxy groups -OCH3 is 1. The molecule has 31 heavy (non-hydrogen) atoms. The summed E-state index contributed by atoms with van der Waals surface area (Å²) in [5, 5.41) is 5.89.